The van der Waals surface area contributed by atoms with Crippen molar-refractivity contribution in [3.05, 3.63) is 28.2 Å². The minimum absolute atomic E-state index is 0.128. The number of hydrogen-bond donors (Lipinski definition) is 1. The van der Waals surface area contributed by atoms with Crippen molar-refractivity contribution < 1.29 is 0 Å². The highest BCUT2D eigenvalue weighted by Gasteiger charge is 2.11. The molecule has 0 amide bonds. The van der Waals surface area contributed by atoms with Crippen molar-refractivity contribution in [2.24, 2.45) is 12.8 Å². The number of tetrazole rings is 1. The summed E-state index contributed by atoms with van der Waals surface area (Å²) in [5, 5.41) is 12.2. The molecule has 0 spiro atoms. The van der Waals surface area contributed by atoms with E-state index < -0.39 is 0 Å². The molecule has 18 heavy (non-hydrogen) atoms. The van der Waals surface area contributed by atoms with Crippen LogP contribution in [0.2, 0.25) is 0 Å². The molecule has 1 aromatic carbocycles. The average Bonchev–Trinajstić information content (AvgIpc) is 2.68. The number of rotatable bonds is 4. The first kappa shape index (κ1) is 13.5. The van der Waals surface area contributed by atoms with Crippen LogP contribution in [-0.4, -0.2) is 26.2 Å². The summed E-state index contributed by atoms with van der Waals surface area (Å²) in [7, 11) is 1.82. The third-order valence-electron chi connectivity index (χ3n) is 2.35. The lowest BCUT2D eigenvalue weighted by molar-refractivity contribution is 0.664. The molecule has 0 radical (unpaired) electrons. The van der Waals surface area contributed by atoms with Crippen LogP contribution in [0.4, 0.5) is 0 Å². The second-order valence-electron chi connectivity index (χ2n) is 4.12. The second-order valence-corrected chi connectivity index (χ2v) is 6.05. The van der Waals surface area contributed by atoms with Crippen LogP contribution in [0.1, 0.15) is 12.5 Å². The van der Waals surface area contributed by atoms with E-state index in [4.69, 9.17) is 5.73 Å². The molecule has 96 valence electrons. The van der Waals surface area contributed by atoms with Crippen molar-refractivity contribution in [2.75, 3.05) is 0 Å². The van der Waals surface area contributed by atoms with Gasteiger partial charge in [-0.15, -0.1) is 5.10 Å². The molecule has 1 heterocycles. The molecular formula is C11H14BrN5S. The zero-order valence-electron chi connectivity index (χ0n) is 10.2. The zero-order chi connectivity index (χ0) is 13.1. The fourth-order valence-electron chi connectivity index (χ4n) is 1.54. The molecular weight excluding hydrogens is 314 g/mol. The maximum Gasteiger partial charge on any atom is 0.213 e. The molecule has 0 bridgehead atoms. The SMILES string of the molecule is CC(N)Cc1ccc(Br)cc1Sc1nnnn1C. The summed E-state index contributed by atoms with van der Waals surface area (Å²) < 4.78 is 2.69. The number of nitrogens with two attached hydrogens (primary N) is 1. The van der Waals surface area contributed by atoms with Gasteiger partial charge < -0.3 is 5.73 Å². The van der Waals surface area contributed by atoms with Crippen LogP contribution in [-0.2, 0) is 13.5 Å². The number of aryl methyl sites for hydroxylation is 1. The van der Waals surface area contributed by atoms with Crippen LogP contribution in [0.25, 0.3) is 0 Å². The van der Waals surface area contributed by atoms with Gasteiger partial charge in [-0.05, 0) is 53.2 Å². The number of nitrogens with zero attached hydrogens (tertiary/aromatic N) is 4. The standard InChI is InChI=1S/C11H14BrN5S/c1-7(13)5-8-3-4-9(12)6-10(8)18-11-14-15-16-17(11)2/h3-4,6-7H,5,13H2,1-2H3. The van der Waals surface area contributed by atoms with E-state index in [1.807, 2.05) is 20.0 Å². The Bertz CT molecular complexity index is 540. The summed E-state index contributed by atoms with van der Waals surface area (Å²) in [5.74, 6) is 0. The predicted molar refractivity (Wildman–Crippen MR) is 74.4 cm³/mol. The van der Waals surface area contributed by atoms with E-state index in [0.717, 1.165) is 20.9 Å². The summed E-state index contributed by atoms with van der Waals surface area (Å²) in [4.78, 5) is 1.12. The Morgan fingerprint density at radius 3 is 2.89 bits per heavy atom. The van der Waals surface area contributed by atoms with Crippen molar-refractivity contribution >= 4 is 27.7 Å². The highest BCUT2D eigenvalue weighted by molar-refractivity contribution is 9.10. The van der Waals surface area contributed by atoms with Crippen LogP contribution < -0.4 is 5.73 Å². The smallest absolute Gasteiger partial charge is 0.213 e. The van der Waals surface area contributed by atoms with Gasteiger partial charge in [0, 0.05) is 22.5 Å². The second kappa shape index (κ2) is 5.81. The molecule has 0 saturated heterocycles. The summed E-state index contributed by atoms with van der Waals surface area (Å²) in [6.07, 6.45) is 0.834. The third kappa shape index (κ3) is 3.30. The lowest BCUT2D eigenvalue weighted by Gasteiger charge is -2.11. The van der Waals surface area contributed by atoms with E-state index in [9.17, 15) is 0 Å². The Morgan fingerprint density at radius 2 is 2.28 bits per heavy atom. The molecule has 1 aromatic heterocycles. The van der Waals surface area contributed by atoms with Crippen molar-refractivity contribution in [3.63, 3.8) is 0 Å². The Balaban J connectivity index is 2.30. The molecule has 2 rings (SSSR count). The van der Waals surface area contributed by atoms with Crippen molar-refractivity contribution in [1.82, 2.24) is 20.2 Å². The normalized spacial score (nSPS) is 12.7. The number of halogens is 1. The lowest BCUT2D eigenvalue weighted by atomic mass is 10.1. The highest BCUT2D eigenvalue weighted by atomic mass is 79.9. The van der Waals surface area contributed by atoms with Crippen LogP contribution in [0.15, 0.2) is 32.7 Å². The van der Waals surface area contributed by atoms with Crippen LogP contribution in [0, 0.1) is 0 Å². The summed E-state index contributed by atoms with van der Waals surface area (Å²) in [5.41, 5.74) is 7.08. The van der Waals surface area contributed by atoms with E-state index in [1.165, 1.54) is 5.56 Å². The first-order valence-electron chi connectivity index (χ1n) is 5.50. The van der Waals surface area contributed by atoms with Gasteiger partial charge in [0.15, 0.2) is 0 Å². The molecule has 2 N–H and O–H groups in total. The van der Waals surface area contributed by atoms with E-state index >= 15 is 0 Å². The molecule has 0 saturated carbocycles. The fourth-order valence-corrected chi connectivity index (χ4v) is 2.97. The van der Waals surface area contributed by atoms with E-state index in [0.29, 0.717) is 0 Å². The molecule has 5 nitrogen and oxygen atoms in total. The van der Waals surface area contributed by atoms with Gasteiger partial charge in [0.1, 0.15) is 0 Å². The summed E-state index contributed by atoms with van der Waals surface area (Å²) in [6.45, 7) is 2.00. The first-order chi connectivity index (χ1) is 8.56. The monoisotopic (exact) mass is 327 g/mol. The summed E-state index contributed by atoms with van der Waals surface area (Å²) in [6, 6.07) is 6.30. The van der Waals surface area contributed by atoms with Gasteiger partial charge in [-0.2, -0.15) is 0 Å². The fraction of sp³-hybridized carbons (Fsp3) is 0.364. The molecule has 0 aliphatic rings. The number of hydrogen-bond acceptors (Lipinski definition) is 5. The molecule has 1 unspecified atom stereocenters. The van der Waals surface area contributed by atoms with E-state index in [-0.39, 0.29) is 6.04 Å². The van der Waals surface area contributed by atoms with Gasteiger partial charge in [0.25, 0.3) is 0 Å². The quantitative estimate of drug-likeness (QED) is 0.930. The molecule has 0 fully saturated rings. The van der Waals surface area contributed by atoms with E-state index in [1.54, 1.807) is 16.4 Å². The van der Waals surface area contributed by atoms with E-state index in [2.05, 4.69) is 43.6 Å². The Labute approximate surface area is 118 Å². The first-order valence-corrected chi connectivity index (χ1v) is 7.11. The Kier molecular flexibility index (Phi) is 4.36. The van der Waals surface area contributed by atoms with Gasteiger partial charge in [-0.25, -0.2) is 4.68 Å². The largest absolute Gasteiger partial charge is 0.328 e. The van der Waals surface area contributed by atoms with Crippen LogP contribution in [0.5, 0.6) is 0 Å². The Hall–Kier alpha value is -0.920. The van der Waals surface area contributed by atoms with Gasteiger partial charge in [-0.3, -0.25) is 0 Å². The Morgan fingerprint density at radius 1 is 1.50 bits per heavy atom. The minimum atomic E-state index is 0.128. The van der Waals surface area contributed by atoms with Crippen LogP contribution >= 0.6 is 27.7 Å². The maximum atomic E-state index is 5.87. The third-order valence-corrected chi connectivity index (χ3v) is 3.98. The molecule has 0 aliphatic heterocycles. The number of aromatic nitrogens is 4. The lowest BCUT2D eigenvalue weighted by Crippen LogP contribution is -2.18. The van der Waals surface area contributed by atoms with Gasteiger partial charge in [0.05, 0.1) is 0 Å². The molecule has 0 aliphatic carbocycles. The highest BCUT2D eigenvalue weighted by Crippen LogP contribution is 2.31. The minimum Gasteiger partial charge on any atom is -0.328 e. The van der Waals surface area contributed by atoms with Gasteiger partial charge in [-0.1, -0.05) is 22.0 Å². The molecule has 2 aromatic rings. The maximum absolute atomic E-state index is 5.87. The van der Waals surface area contributed by atoms with Gasteiger partial charge >= 0.3 is 0 Å². The molecule has 1 atom stereocenters. The topological polar surface area (TPSA) is 69.6 Å². The summed E-state index contributed by atoms with van der Waals surface area (Å²) >= 11 is 5.03. The number of benzene rings is 1. The molecule has 7 heteroatoms. The van der Waals surface area contributed by atoms with Crippen LogP contribution in [0.3, 0.4) is 0 Å². The average molecular weight is 328 g/mol. The van der Waals surface area contributed by atoms with Gasteiger partial charge in [0.2, 0.25) is 5.16 Å². The zero-order valence-corrected chi connectivity index (χ0v) is 12.6. The van der Waals surface area contributed by atoms with Crippen molar-refractivity contribution in [3.8, 4) is 0 Å². The van der Waals surface area contributed by atoms with Crippen molar-refractivity contribution in [2.45, 2.75) is 29.4 Å². The predicted octanol–water partition coefficient (Wildman–Crippen LogP) is 2.01. The van der Waals surface area contributed by atoms with Crippen molar-refractivity contribution in [1.29, 1.82) is 0 Å².